The van der Waals surface area contributed by atoms with Crippen LogP contribution in [0.2, 0.25) is 0 Å². The van der Waals surface area contributed by atoms with Gasteiger partial charge in [0.25, 0.3) is 11.1 Å². The van der Waals surface area contributed by atoms with Crippen molar-refractivity contribution < 1.29 is 53.8 Å². The van der Waals surface area contributed by atoms with Crippen LogP contribution in [0.4, 0.5) is 39.5 Å². The van der Waals surface area contributed by atoms with Gasteiger partial charge in [0.05, 0.1) is 12.4 Å². The number of halogens is 11. The molecule has 5 heterocycles. The van der Waals surface area contributed by atoms with Crippen LogP contribution >= 0.6 is 41.2 Å². The van der Waals surface area contributed by atoms with Gasteiger partial charge in [0.1, 0.15) is 22.5 Å². The molecule has 0 saturated heterocycles. The van der Waals surface area contributed by atoms with Gasteiger partial charge in [-0.15, -0.1) is 12.4 Å². The molecule has 2 aromatic rings. The number of nitrogens with zero attached hydrogens (tertiary/aromatic N) is 6. The minimum atomic E-state index is -4.95. The standard InChI is InChI=1S/C8H6BrF3N2O.C8H7F3N2O.C6H7F3O3.C4H8N2.BHNS.ClH/c9-5-6(8(10,11)12)13-4-2-1-3-14(4)7(5)15;9-8(10,11)5-4-7(14)13-3-1-2-6(13)12-5;1-2-12-5(11)3-4(10)6(7,8)9;5-4-2-1-3-6-4;1-2-3;/h1-3H2;4H,1-3H2;2-3H2,1H3;1-3H2,(H2,5,6);3H;1H. The third-order valence-electron chi connectivity index (χ3n) is 6.24. The first-order chi connectivity index (χ1) is 23.1. The third kappa shape index (κ3) is 15.9. The molecule has 0 unspecified atom stereocenters. The van der Waals surface area contributed by atoms with Crippen molar-refractivity contribution in [1.29, 1.82) is 0 Å². The predicted octanol–water partition coefficient (Wildman–Crippen LogP) is 4.99. The van der Waals surface area contributed by atoms with Crippen molar-refractivity contribution in [1.82, 2.24) is 19.1 Å². The van der Waals surface area contributed by atoms with Crippen LogP contribution in [0.5, 0.6) is 0 Å². The number of hydrogen-bond acceptors (Lipinski definition) is 11. The number of rotatable bonds is 3. The number of Topliss-reactive ketones (excluding diaryl/α,β-unsaturated/α-hetero) is 1. The maximum atomic E-state index is 12.5. The number of aromatic nitrogens is 4. The van der Waals surface area contributed by atoms with Crippen LogP contribution in [0.1, 0.15) is 62.1 Å². The van der Waals surface area contributed by atoms with E-state index in [4.69, 9.17) is 5.73 Å². The molecule has 0 saturated carbocycles. The number of ketones is 1. The molecule has 51 heavy (non-hydrogen) atoms. The number of nitrogens with two attached hydrogens (primary N) is 1. The quantitative estimate of drug-likeness (QED) is 0.144. The first-order valence-corrected chi connectivity index (χ1v) is 15.4. The Hall–Kier alpha value is -3.28. The number of ether oxygens (including phenoxy) is 1. The van der Waals surface area contributed by atoms with E-state index in [1.807, 2.05) is 0 Å². The van der Waals surface area contributed by atoms with Crippen molar-refractivity contribution in [2.24, 2.45) is 15.0 Å². The van der Waals surface area contributed by atoms with Gasteiger partial charge in [0, 0.05) is 45.0 Å². The van der Waals surface area contributed by atoms with Gasteiger partial charge in [0.15, 0.2) is 11.4 Å². The Morgan fingerprint density at radius 1 is 0.961 bits per heavy atom. The molecule has 3 aliphatic rings. The summed E-state index contributed by atoms with van der Waals surface area (Å²) in [5.41, 5.74) is 1.81. The van der Waals surface area contributed by atoms with Crippen molar-refractivity contribution in [2.75, 3.05) is 13.2 Å². The molecule has 285 valence electrons. The second kappa shape index (κ2) is 21.3. The van der Waals surface area contributed by atoms with E-state index < -0.39 is 63.7 Å². The van der Waals surface area contributed by atoms with E-state index in [9.17, 15) is 58.7 Å². The number of hydrogen-bond donors (Lipinski definition) is 2. The molecule has 0 bridgehead atoms. The maximum absolute atomic E-state index is 12.5. The Morgan fingerprint density at radius 3 is 1.90 bits per heavy atom. The molecule has 12 nitrogen and oxygen atoms in total. The second-order valence-electron chi connectivity index (χ2n) is 9.89. The topological polar surface area (TPSA) is 164 Å². The Bertz CT molecular complexity index is 1660. The summed E-state index contributed by atoms with van der Waals surface area (Å²) in [5, 5.41) is 0. The average Bonchev–Trinajstić information content (AvgIpc) is 3.77. The zero-order valence-corrected chi connectivity index (χ0v) is 29.7. The third-order valence-corrected chi connectivity index (χ3v) is 6.95. The summed E-state index contributed by atoms with van der Waals surface area (Å²) in [6.07, 6.45) is -10.9. The summed E-state index contributed by atoms with van der Waals surface area (Å²) in [6.45, 7) is 3.27. The van der Waals surface area contributed by atoms with E-state index in [2.05, 4.69) is 60.4 Å². The van der Waals surface area contributed by atoms with Crippen LogP contribution in [0.3, 0.4) is 0 Å². The van der Waals surface area contributed by atoms with Gasteiger partial charge >= 0.3 is 49.3 Å². The van der Waals surface area contributed by atoms with Crippen molar-refractivity contribution in [3.05, 3.63) is 54.3 Å². The van der Waals surface area contributed by atoms with Gasteiger partial charge < -0.3 is 10.5 Å². The summed E-state index contributed by atoms with van der Waals surface area (Å²) < 4.78 is 117. The Morgan fingerprint density at radius 2 is 1.49 bits per heavy atom. The van der Waals surface area contributed by atoms with Gasteiger partial charge in [-0.1, -0.05) is 0 Å². The number of alkyl halides is 9. The van der Waals surface area contributed by atoms with Crippen LogP contribution < -0.4 is 16.9 Å². The van der Waals surface area contributed by atoms with Crippen LogP contribution in [0.25, 0.3) is 0 Å². The fourth-order valence-corrected chi connectivity index (χ4v) is 4.64. The van der Waals surface area contributed by atoms with Crippen LogP contribution in [-0.2, 0) is 52.6 Å². The number of fused-ring (bicyclic) bond motifs is 2. The molecule has 0 spiro atoms. The molecule has 0 atom stereocenters. The molecule has 5 rings (SSSR count). The SMILES string of the molecule is CCOC(=O)CC(=O)C(F)(F)F.Cl.NC1=NCCC1.O=c1c(Br)c(C(F)(F)F)nc2n1CCC2.O=c1cc(C(F)(F)F)nc2n1CCC2.[B]=NS. The van der Waals surface area contributed by atoms with E-state index in [1.54, 1.807) is 0 Å². The number of esters is 1. The fraction of sp³-hybridized carbons (Fsp3) is 0.577. The summed E-state index contributed by atoms with van der Waals surface area (Å²) in [4.78, 5) is 54.0. The zero-order valence-electron chi connectivity index (χ0n) is 26.4. The Kier molecular flexibility index (Phi) is 19.9. The van der Waals surface area contributed by atoms with Crippen molar-refractivity contribution in [2.45, 2.75) is 83.5 Å². The summed E-state index contributed by atoms with van der Waals surface area (Å²) >= 11 is 5.85. The molecule has 0 fully saturated rings. The van der Waals surface area contributed by atoms with Gasteiger partial charge in [-0.3, -0.25) is 33.3 Å². The van der Waals surface area contributed by atoms with Crippen LogP contribution in [-0.4, -0.2) is 63.7 Å². The zero-order chi connectivity index (χ0) is 38.4. The molecule has 25 heteroatoms. The number of aryl methyl sites for hydroxylation is 2. The van der Waals surface area contributed by atoms with E-state index in [1.165, 1.54) is 16.1 Å². The molecule has 1 radical (unpaired) electrons. The molecular formula is C26H30BBrClF9N7O5S. The average molecular weight is 850 g/mol. The number of thiol groups is 1. The summed E-state index contributed by atoms with van der Waals surface area (Å²) in [7, 11) is 4.34. The van der Waals surface area contributed by atoms with Gasteiger partial charge in [-0.05, 0) is 42.1 Å². The van der Waals surface area contributed by atoms with Gasteiger partial charge in [-0.2, -0.15) is 39.5 Å². The fourth-order valence-electron chi connectivity index (χ4n) is 4.11. The summed E-state index contributed by atoms with van der Waals surface area (Å²) in [6, 6.07) is 0.550. The first kappa shape index (κ1) is 47.7. The van der Waals surface area contributed by atoms with E-state index in [0.717, 1.165) is 25.2 Å². The van der Waals surface area contributed by atoms with E-state index in [-0.39, 0.29) is 30.7 Å². The predicted molar refractivity (Wildman–Crippen MR) is 174 cm³/mol. The summed E-state index contributed by atoms with van der Waals surface area (Å²) in [5.74, 6) is -1.95. The molecule has 2 N–H and O–H groups in total. The molecular weight excluding hydrogens is 820 g/mol. The second-order valence-corrected chi connectivity index (χ2v) is 10.9. The molecule has 3 aliphatic heterocycles. The first-order valence-electron chi connectivity index (χ1n) is 14.2. The normalized spacial score (nSPS) is 14.1. The van der Waals surface area contributed by atoms with Gasteiger partial charge in [0.2, 0.25) is 5.78 Å². The van der Waals surface area contributed by atoms with Crippen molar-refractivity contribution >= 4 is 66.4 Å². The Labute approximate surface area is 304 Å². The minimum absolute atomic E-state index is 0. The number of carbonyl (C=O) groups is 2. The number of carbonyl (C=O) groups excluding carboxylic acids is 2. The molecule has 0 aliphatic carbocycles. The van der Waals surface area contributed by atoms with Gasteiger partial charge in [-0.25, -0.2) is 9.97 Å². The molecule has 0 amide bonds. The van der Waals surface area contributed by atoms with Crippen molar-refractivity contribution in [3.63, 3.8) is 0 Å². The Balaban J connectivity index is 0.000000653. The van der Waals surface area contributed by atoms with Crippen LogP contribution in [0.15, 0.2) is 29.4 Å². The molecule has 2 aromatic heterocycles. The van der Waals surface area contributed by atoms with Crippen LogP contribution in [0, 0.1) is 0 Å². The number of amidine groups is 1. The monoisotopic (exact) mass is 848 g/mol. The van der Waals surface area contributed by atoms with E-state index >= 15 is 0 Å². The number of aliphatic imine (C=N–C) groups is 1. The van der Waals surface area contributed by atoms with Crippen molar-refractivity contribution in [3.8, 4) is 0 Å². The molecule has 0 aromatic carbocycles. The van der Waals surface area contributed by atoms with E-state index in [0.29, 0.717) is 44.8 Å².